The Kier molecular flexibility index (Phi) is 7.07. The van der Waals surface area contributed by atoms with Gasteiger partial charge in [0, 0.05) is 35.5 Å². The number of amides is 1. The fraction of sp³-hybridized carbons (Fsp3) is 0.172. The number of fused-ring (bicyclic) bond motifs is 1. The van der Waals surface area contributed by atoms with Crippen LogP contribution in [0.5, 0.6) is 0 Å². The summed E-state index contributed by atoms with van der Waals surface area (Å²) in [5.74, 6) is -0.0458. The van der Waals surface area contributed by atoms with Gasteiger partial charge >= 0.3 is 0 Å². The minimum absolute atomic E-state index is 0.125. The maximum absolute atomic E-state index is 13.4. The lowest BCUT2D eigenvalue weighted by molar-refractivity contribution is -0.121. The molecule has 0 saturated heterocycles. The van der Waals surface area contributed by atoms with Crippen molar-refractivity contribution >= 4 is 22.6 Å². The van der Waals surface area contributed by atoms with E-state index in [9.17, 15) is 9.59 Å². The predicted octanol–water partition coefficient (Wildman–Crippen LogP) is 4.07. The first kappa shape index (κ1) is 24.0. The second-order valence-electron chi connectivity index (χ2n) is 8.95. The van der Waals surface area contributed by atoms with Crippen LogP contribution < -0.4 is 16.2 Å². The standard InChI is InChI=1S/C29H28N6O2/c1-20-7-9-21(10-8-20)11-14-31-28-29(37)35(26(18-33-28)22-5-3-2-4-6-22)19-27(36)32-17-24-15-23-16-30-13-12-25(23)34-24/h2-10,12-13,15-16,18,34H,11,14,17,19H2,1H3,(H,31,33)(H,32,36). The van der Waals surface area contributed by atoms with Crippen molar-refractivity contribution in [3.63, 3.8) is 0 Å². The summed E-state index contributed by atoms with van der Waals surface area (Å²) in [5, 5.41) is 7.04. The highest BCUT2D eigenvalue weighted by atomic mass is 16.2. The molecule has 0 bridgehead atoms. The largest absolute Gasteiger partial charge is 0.365 e. The normalized spacial score (nSPS) is 10.9. The van der Waals surface area contributed by atoms with Gasteiger partial charge in [-0.05, 0) is 36.6 Å². The molecule has 3 N–H and O–H groups in total. The molecular weight excluding hydrogens is 464 g/mol. The molecule has 0 aliphatic rings. The van der Waals surface area contributed by atoms with Gasteiger partial charge in [0.15, 0.2) is 5.82 Å². The lowest BCUT2D eigenvalue weighted by Crippen LogP contribution is -2.34. The Balaban J connectivity index is 1.32. The topological polar surface area (TPSA) is 105 Å². The zero-order chi connectivity index (χ0) is 25.6. The van der Waals surface area contributed by atoms with Gasteiger partial charge in [-0.2, -0.15) is 0 Å². The van der Waals surface area contributed by atoms with Gasteiger partial charge in [0.1, 0.15) is 6.54 Å². The van der Waals surface area contributed by atoms with E-state index < -0.39 is 0 Å². The molecule has 8 nitrogen and oxygen atoms in total. The van der Waals surface area contributed by atoms with E-state index in [1.54, 1.807) is 18.6 Å². The van der Waals surface area contributed by atoms with Crippen LogP contribution in [0.4, 0.5) is 5.82 Å². The van der Waals surface area contributed by atoms with Crippen molar-refractivity contribution in [2.75, 3.05) is 11.9 Å². The number of aromatic amines is 1. The number of pyridine rings is 1. The van der Waals surface area contributed by atoms with Gasteiger partial charge in [-0.1, -0.05) is 60.2 Å². The van der Waals surface area contributed by atoms with Gasteiger partial charge in [-0.15, -0.1) is 0 Å². The average molecular weight is 493 g/mol. The predicted molar refractivity (Wildman–Crippen MR) is 145 cm³/mol. The van der Waals surface area contributed by atoms with Crippen molar-refractivity contribution in [3.8, 4) is 11.3 Å². The number of H-pyrrole nitrogens is 1. The Morgan fingerprint density at radius 3 is 2.62 bits per heavy atom. The summed E-state index contributed by atoms with van der Waals surface area (Å²) in [6.07, 6.45) is 5.88. The zero-order valence-electron chi connectivity index (χ0n) is 20.6. The van der Waals surface area contributed by atoms with Gasteiger partial charge in [0.2, 0.25) is 5.91 Å². The fourth-order valence-electron chi connectivity index (χ4n) is 4.21. The molecule has 0 atom stereocenters. The Bertz CT molecular complexity index is 1540. The van der Waals surface area contributed by atoms with Crippen LogP contribution in [0.3, 0.4) is 0 Å². The molecule has 3 heterocycles. The minimum Gasteiger partial charge on any atom is -0.365 e. The van der Waals surface area contributed by atoms with Crippen LogP contribution in [0.25, 0.3) is 22.2 Å². The molecule has 37 heavy (non-hydrogen) atoms. The van der Waals surface area contributed by atoms with Gasteiger partial charge in [0.05, 0.1) is 18.4 Å². The number of rotatable bonds is 9. The summed E-state index contributed by atoms with van der Waals surface area (Å²) in [5.41, 5.74) is 5.26. The molecule has 186 valence electrons. The minimum atomic E-state index is -0.336. The van der Waals surface area contributed by atoms with Crippen LogP contribution in [0.2, 0.25) is 0 Å². The second-order valence-corrected chi connectivity index (χ2v) is 8.95. The molecule has 8 heteroatoms. The number of carbonyl (C=O) groups excluding carboxylic acids is 1. The Morgan fingerprint density at radius 1 is 1.03 bits per heavy atom. The van der Waals surface area contributed by atoms with Gasteiger partial charge < -0.3 is 15.6 Å². The Labute approximate surface area is 214 Å². The van der Waals surface area contributed by atoms with E-state index in [-0.39, 0.29) is 23.8 Å². The maximum atomic E-state index is 13.4. The van der Waals surface area contributed by atoms with Crippen LogP contribution in [0, 0.1) is 6.92 Å². The van der Waals surface area contributed by atoms with Gasteiger partial charge in [0.25, 0.3) is 5.56 Å². The number of aryl methyl sites for hydroxylation is 1. The van der Waals surface area contributed by atoms with Crippen LogP contribution in [-0.2, 0) is 24.3 Å². The van der Waals surface area contributed by atoms with Crippen LogP contribution in [0.15, 0.2) is 90.1 Å². The Morgan fingerprint density at radius 2 is 1.84 bits per heavy atom. The molecular formula is C29H28N6O2. The third kappa shape index (κ3) is 5.75. The first-order chi connectivity index (χ1) is 18.1. The summed E-state index contributed by atoms with van der Waals surface area (Å²) in [6, 6.07) is 21.6. The number of benzene rings is 2. The van der Waals surface area contributed by atoms with Crippen molar-refractivity contribution in [1.29, 1.82) is 0 Å². The average Bonchev–Trinajstić information content (AvgIpc) is 3.34. The molecule has 0 aliphatic heterocycles. The van der Waals surface area contributed by atoms with Crippen molar-refractivity contribution in [1.82, 2.24) is 24.8 Å². The van der Waals surface area contributed by atoms with E-state index in [1.165, 1.54) is 15.7 Å². The van der Waals surface area contributed by atoms with E-state index in [2.05, 4.69) is 56.8 Å². The quantitative estimate of drug-likeness (QED) is 0.288. The summed E-state index contributed by atoms with van der Waals surface area (Å²) in [4.78, 5) is 38.1. The fourth-order valence-corrected chi connectivity index (χ4v) is 4.21. The third-order valence-corrected chi connectivity index (χ3v) is 6.21. The first-order valence-electron chi connectivity index (χ1n) is 12.2. The number of aromatic nitrogens is 4. The number of nitrogens with one attached hydrogen (secondary N) is 3. The van der Waals surface area contributed by atoms with Gasteiger partial charge in [-0.3, -0.25) is 19.1 Å². The van der Waals surface area contributed by atoms with Crippen LogP contribution in [0.1, 0.15) is 16.8 Å². The molecule has 0 radical (unpaired) electrons. The third-order valence-electron chi connectivity index (χ3n) is 6.21. The number of hydrogen-bond acceptors (Lipinski definition) is 5. The number of anilines is 1. The second kappa shape index (κ2) is 10.9. The van der Waals surface area contributed by atoms with E-state index in [1.807, 2.05) is 42.5 Å². The molecule has 0 unspecified atom stereocenters. The molecule has 1 amide bonds. The molecule has 5 aromatic rings. The van der Waals surface area contributed by atoms with E-state index in [0.717, 1.165) is 28.6 Å². The molecule has 2 aromatic carbocycles. The summed E-state index contributed by atoms with van der Waals surface area (Å²) in [7, 11) is 0. The molecule has 0 saturated carbocycles. The lowest BCUT2D eigenvalue weighted by Gasteiger charge is -2.15. The number of carbonyl (C=O) groups is 1. The maximum Gasteiger partial charge on any atom is 0.294 e. The smallest absolute Gasteiger partial charge is 0.294 e. The monoisotopic (exact) mass is 492 g/mol. The van der Waals surface area contributed by atoms with Crippen LogP contribution >= 0.6 is 0 Å². The van der Waals surface area contributed by atoms with E-state index >= 15 is 0 Å². The molecule has 3 aromatic heterocycles. The van der Waals surface area contributed by atoms with Gasteiger partial charge in [-0.25, -0.2) is 4.98 Å². The van der Waals surface area contributed by atoms with E-state index in [4.69, 9.17) is 0 Å². The molecule has 0 spiro atoms. The summed E-state index contributed by atoms with van der Waals surface area (Å²) < 4.78 is 1.47. The summed E-state index contributed by atoms with van der Waals surface area (Å²) >= 11 is 0. The highest BCUT2D eigenvalue weighted by molar-refractivity contribution is 5.80. The summed E-state index contributed by atoms with van der Waals surface area (Å²) in [6.45, 7) is 2.80. The molecule has 5 rings (SSSR count). The first-order valence-corrected chi connectivity index (χ1v) is 12.2. The van der Waals surface area contributed by atoms with E-state index in [0.29, 0.717) is 18.8 Å². The van der Waals surface area contributed by atoms with Crippen molar-refractivity contribution in [2.24, 2.45) is 0 Å². The molecule has 0 aliphatic carbocycles. The van der Waals surface area contributed by atoms with Crippen molar-refractivity contribution in [3.05, 3.63) is 112 Å². The highest BCUT2D eigenvalue weighted by Crippen LogP contribution is 2.18. The molecule has 0 fully saturated rings. The highest BCUT2D eigenvalue weighted by Gasteiger charge is 2.15. The zero-order valence-corrected chi connectivity index (χ0v) is 20.6. The van der Waals surface area contributed by atoms with Crippen molar-refractivity contribution < 1.29 is 4.79 Å². The van der Waals surface area contributed by atoms with Crippen molar-refractivity contribution in [2.45, 2.75) is 26.4 Å². The Hall–Kier alpha value is -4.72. The SMILES string of the molecule is Cc1ccc(CCNc2ncc(-c3ccccc3)n(CC(=O)NCc3cc4cnccc4[nH]3)c2=O)cc1. The van der Waals surface area contributed by atoms with Crippen LogP contribution in [-0.4, -0.2) is 32.0 Å². The number of nitrogens with zero attached hydrogens (tertiary/aromatic N) is 3. The lowest BCUT2D eigenvalue weighted by atomic mass is 10.1. The number of hydrogen-bond donors (Lipinski definition) is 3.